The molecule has 0 spiro atoms. The Hall–Kier alpha value is -1.25. The van der Waals surface area contributed by atoms with E-state index < -0.39 is 5.97 Å². The van der Waals surface area contributed by atoms with E-state index in [0.717, 1.165) is 14.4 Å². The minimum Gasteiger partial charge on any atom is -0.481 e. The SMILES string of the molecule is CC(CNC(=O)c1csc(-c2cc(Br)cs2)n1)CC(=O)O. The molecule has 0 aliphatic carbocycles. The van der Waals surface area contributed by atoms with Gasteiger partial charge >= 0.3 is 5.97 Å². The molecule has 1 unspecified atom stereocenters. The van der Waals surface area contributed by atoms with E-state index in [1.165, 1.54) is 11.3 Å². The highest BCUT2D eigenvalue weighted by Crippen LogP contribution is 2.31. The number of carbonyl (C=O) groups excluding carboxylic acids is 1. The first-order valence-corrected chi connectivity index (χ1v) is 8.71. The van der Waals surface area contributed by atoms with E-state index in [2.05, 4.69) is 26.2 Å². The molecule has 0 aromatic carbocycles. The second-order valence-electron chi connectivity index (χ2n) is 4.58. The van der Waals surface area contributed by atoms with E-state index in [4.69, 9.17) is 5.11 Å². The molecule has 2 aromatic rings. The van der Waals surface area contributed by atoms with Gasteiger partial charge in [-0.05, 0) is 27.9 Å². The normalized spacial score (nSPS) is 12.1. The summed E-state index contributed by atoms with van der Waals surface area (Å²) in [4.78, 5) is 27.8. The summed E-state index contributed by atoms with van der Waals surface area (Å²) in [6.07, 6.45) is 0.0335. The maximum Gasteiger partial charge on any atom is 0.303 e. The molecule has 0 bridgehead atoms. The number of aromatic nitrogens is 1. The fraction of sp³-hybridized carbons (Fsp3) is 0.308. The van der Waals surface area contributed by atoms with Crippen LogP contribution in [-0.2, 0) is 4.79 Å². The number of amides is 1. The molecule has 0 saturated carbocycles. The Kier molecular flexibility index (Phi) is 5.49. The van der Waals surface area contributed by atoms with Crippen molar-refractivity contribution in [3.05, 3.63) is 27.0 Å². The van der Waals surface area contributed by atoms with Gasteiger partial charge in [0.1, 0.15) is 10.7 Å². The molecule has 2 aromatic heterocycles. The van der Waals surface area contributed by atoms with Crippen LogP contribution in [0.2, 0.25) is 0 Å². The van der Waals surface area contributed by atoms with E-state index in [-0.39, 0.29) is 18.2 Å². The van der Waals surface area contributed by atoms with Gasteiger partial charge in [-0.25, -0.2) is 4.98 Å². The quantitative estimate of drug-likeness (QED) is 0.793. The number of aliphatic carboxylic acids is 1. The summed E-state index contributed by atoms with van der Waals surface area (Å²) in [7, 11) is 0. The number of nitrogens with zero attached hydrogens (tertiary/aromatic N) is 1. The predicted octanol–water partition coefficient (Wildman–Crippen LogP) is 3.47. The van der Waals surface area contributed by atoms with Crippen LogP contribution >= 0.6 is 38.6 Å². The van der Waals surface area contributed by atoms with Crippen LogP contribution in [0.5, 0.6) is 0 Å². The third-order valence-corrected chi connectivity index (χ3v) is 5.35. The molecule has 0 radical (unpaired) electrons. The largest absolute Gasteiger partial charge is 0.481 e. The molecular formula is C13H13BrN2O3S2. The van der Waals surface area contributed by atoms with Gasteiger partial charge in [0.15, 0.2) is 0 Å². The van der Waals surface area contributed by atoms with Gasteiger partial charge in [0.2, 0.25) is 0 Å². The number of halogens is 1. The Morgan fingerprint density at radius 3 is 2.81 bits per heavy atom. The summed E-state index contributed by atoms with van der Waals surface area (Å²) >= 11 is 6.36. The van der Waals surface area contributed by atoms with Crippen molar-refractivity contribution in [1.29, 1.82) is 0 Å². The van der Waals surface area contributed by atoms with Crippen molar-refractivity contribution < 1.29 is 14.7 Å². The Morgan fingerprint density at radius 2 is 2.19 bits per heavy atom. The molecule has 1 atom stereocenters. The van der Waals surface area contributed by atoms with Crippen LogP contribution in [0.15, 0.2) is 21.3 Å². The minimum atomic E-state index is -0.865. The van der Waals surface area contributed by atoms with Crippen molar-refractivity contribution in [1.82, 2.24) is 10.3 Å². The highest BCUT2D eigenvalue weighted by molar-refractivity contribution is 9.10. The Labute approximate surface area is 138 Å². The van der Waals surface area contributed by atoms with Crippen LogP contribution in [0, 0.1) is 5.92 Å². The minimum absolute atomic E-state index is 0.0335. The van der Waals surface area contributed by atoms with Crippen molar-refractivity contribution in [2.75, 3.05) is 6.54 Å². The molecule has 0 saturated heterocycles. The highest BCUT2D eigenvalue weighted by Gasteiger charge is 2.14. The van der Waals surface area contributed by atoms with Crippen LogP contribution in [0.3, 0.4) is 0 Å². The first-order valence-electron chi connectivity index (χ1n) is 6.15. The molecule has 0 fully saturated rings. The summed E-state index contributed by atoms with van der Waals surface area (Å²) in [6.45, 7) is 2.10. The second-order valence-corrected chi connectivity index (χ2v) is 7.27. The molecule has 2 heterocycles. The zero-order chi connectivity index (χ0) is 15.4. The molecule has 21 heavy (non-hydrogen) atoms. The van der Waals surface area contributed by atoms with Gasteiger partial charge < -0.3 is 10.4 Å². The Balaban J connectivity index is 1.94. The first-order chi connectivity index (χ1) is 9.95. The fourth-order valence-electron chi connectivity index (χ4n) is 1.64. The van der Waals surface area contributed by atoms with Gasteiger partial charge in [-0.1, -0.05) is 6.92 Å². The van der Waals surface area contributed by atoms with Crippen molar-refractivity contribution >= 4 is 50.5 Å². The van der Waals surface area contributed by atoms with E-state index in [1.54, 1.807) is 23.6 Å². The second kappa shape index (κ2) is 7.15. The fourth-order valence-corrected chi connectivity index (χ4v) is 3.95. The summed E-state index contributed by atoms with van der Waals surface area (Å²) in [5, 5.41) is 15.9. The van der Waals surface area contributed by atoms with E-state index in [1.807, 2.05) is 11.4 Å². The zero-order valence-corrected chi connectivity index (χ0v) is 14.3. The number of hydrogen-bond acceptors (Lipinski definition) is 5. The molecule has 8 heteroatoms. The number of carboxylic acids is 1. The monoisotopic (exact) mass is 388 g/mol. The lowest BCUT2D eigenvalue weighted by Crippen LogP contribution is -2.29. The maximum atomic E-state index is 12.0. The van der Waals surface area contributed by atoms with Crippen molar-refractivity contribution in [3.63, 3.8) is 0 Å². The number of rotatable bonds is 6. The van der Waals surface area contributed by atoms with Gasteiger partial charge in [-0.3, -0.25) is 9.59 Å². The Bertz CT molecular complexity index is 653. The van der Waals surface area contributed by atoms with E-state index in [0.29, 0.717) is 12.2 Å². The molecule has 2 rings (SSSR count). The number of nitrogens with one attached hydrogen (secondary N) is 1. The smallest absolute Gasteiger partial charge is 0.303 e. The number of carboxylic acid groups (broad SMARTS) is 1. The molecule has 2 N–H and O–H groups in total. The topological polar surface area (TPSA) is 79.3 Å². The summed E-state index contributed by atoms with van der Waals surface area (Å²) in [6, 6.07) is 1.96. The number of carbonyl (C=O) groups is 2. The molecular weight excluding hydrogens is 376 g/mol. The Morgan fingerprint density at radius 1 is 1.43 bits per heavy atom. The number of thiophene rings is 1. The maximum absolute atomic E-state index is 12.0. The van der Waals surface area contributed by atoms with Crippen LogP contribution in [0.25, 0.3) is 9.88 Å². The third-order valence-electron chi connectivity index (χ3n) is 2.65. The van der Waals surface area contributed by atoms with Crippen LogP contribution in [0.4, 0.5) is 0 Å². The number of hydrogen-bond donors (Lipinski definition) is 2. The number of thiazole rings is 1. The zero-order valence-electron chi connectivity index (χ0n) is 11.1. The van der Waals surface area contributed by atoms with Gasteiger partial charge in [-0.2, -0.15) is 0 Å². The van der Waals surface area contributed by atoms with Gasteiger partial charge in [0, 0.05) is 28.2 Å². The average Bonchev–Trinajstić information content (AvgIpc) is 3.03. The summed E-state index contributed by atoms with van der Waals surface area (Å²) in [5.41, 5.74) is 0.363. The molecule has 0 aliphatic heterocycles. The van der Waals surface area contributed by atoms with Crippen LogP contribution in [-0.4, -0.2) is 28.5 Å². The lowest BCUT2D eigenvalue weighted by atomic mass is 10.1. The third kappa shape index (κ3) is 4.62. The predicted molar refractivity (Wildman–Crippen MR) is 86.9 cm³/mol. The average molecular weight is 389 g/mol. The van der Waals surface area contributed by atoms with Gasteiger partial charge in [0.25, 0.3) is 5.91 Å². The molecule has 5 nitrogen and oxygen atoms in total. The molecule has 0 aliphatic rings. The standard InChI is InChI=1S/C13H13BrN2O3S2/c1-7(2-11(17)18)4-15-12(19)9-6-21-13(16-9)10-3-8(14)5-20-10/h3,5-7H,2,4H2,1H3,(H,15,19)(H,17,18). The van der Waals surface area contributed by atoms with Gasteiger partial charge in [-0.15, -0.1) is 22.7 Å². The first kappa shape index (κ1) is 16.1. The van der Waals surface area contributed by atoms with Gasteiger partial charge in [0.05, 0.1) is 4.88 Å². The molecule has 112 valence electrons. The highest BCUT2D eigenvalue weighted by atomic mass is 79.9. The van der Waals surface area contributed by atoms with Crippen LogP contribution < -0.4 is 5.32 Å². The van der Waals surface area contributed by atoms with Crippen molar-refractivity contribution in [3.8, 4) is 9.88 Å². The van der Waals surface area contributed by atoms with Crippen molar-refractivity contribution in [2.45, 2.75) is 13.3 Å². The summed E-state index contributed by atoms with van der Waals surface area (Å²) < 4.78 is 0.992. The van der Waals surface area contributed by atoms with Crippen LogP contribution in [0.1, 0.15) is 23.8 Å². The molecule has 1 amide bonds. The lowest BCUT2D eigenvalue weighted by Gasteiger charge is -2.08. The lowest BCUT2D eigenvalue weighted by molar-refractivity contribution is -0.137. The summed E-state index contributed by atoms with van der Waals surface area (Å²) in [5.74, 6) is -1.25. The van der Waals surface area contributed by atoms with E-state index in [9.17, 15) is 9.59 Å². The van der Waals surface area contributed by atoms with Crippen molar-refractivity contribution in [2.24, 2.45) is 5.92 Å². The van der Waals surface area contributed by atoms with E-state index >= 15 is 0 Å².